The first kappa shape index (κ1) is 13.5. The first-order chi connectivity index (χ1) is 9.13. The molecule has 7 heteroatoms. The maximum absolute atomic E-state index is 11.3. The summed E-state index contributed by atoms with van der Waals surface area (Å²) in [6.45, 7) is 4.97. The van der Waals surface area contributed by atoms with E-state index in [9.17, 15) is 4.79 Å². The smallest absolute Gasteiger partial charge is 0.239 e. The van der Waals surface area contributed by atoms with Gasteiger partial charge in [-0.25, -0.2) is 4.98 Å². The molecule has 102 valence electrons. The number of nitrogens with one attached hydrogen (secondary N) is 3. The van der Waals surface area contributed by atoms with E-state index in [2.05, 4.69) is 25.9 Å². The molecular weight excluding hydrogens is 262 g/mol. The van der Waals surface area contributed by atoms with Crippen LogP contribution in [0.2, 0.25) is 0 Å². The van der Waals surface area contributed by atoms with Gasteiger partial charge in [-0.2, -0.15) is 4.98 Å². The normalized spacial score (nSPS) is 10.5. The van der Waals surface area contributed by atoms with Crippen LogP contribution in [0.3, 0.4) is 0 Å². The molecule has 0 radical (unpaired) electrons. The van der Waals surface area contributed by atoms with Crippen LogP contribution in [-0.2, 0) is 4.79 Å². The summed E-state index contributed by atoms with van der Waals surface area (Å²) in [5, 5.41) is 9.67. The van der Waals surface area contributed by atoms with E-state index in [1.165, 1.54) is 4.88 Å². The van der Waals surface area contributed by atoms with Gasteiger partial charge in [-0.15, -0.1) is 11.3 Å². The maximum atomic E-state index is 11.3. The van der Waals surface area contributed by atoms with Gasteiger partial charge in [0.25, 0.3) is 0 Å². The molecule has 0 aliphatic heterocycles. The third-order valence-electron chi connectivity index (χ3n) is 2.55. The molecule has 0 bridgehead atoms. The topological polar surface area (TPSA) is 78.9 Å². The maximum Gasteiger partial charge on any atom is 0.239 e. The van der Waals surface area contributed by atoms with E-state index in [0.717, 1.165) is 16.8 Å². The molecular formula is C12H17N5OS. The van der Waals surface area contributed by atoms with Crippen LogP contribution in [0.25, 0.3) is 10.2 Å². The van der Waals surface area contributed by atoms with E-state index in [-0.39, 0.29) is 12.5 Å². The number of rotatable bonds is 5. The molecule has 0 fully saturated rings. The Bertz CT molecular complexity index is 595. The highest BCUT2D eigenvalue weighted by molar-refractivity contribution is 7.18. The number of aryl methyl sites for hydroxylation is 1. The van der Waals surface area contributed by atoms with E-state index in [0.29, 0.717) is 11.8 Å². The van der Waals surface area contributed by atoms with Gasteiger partial charge in [0.15, 0.2) is 0 Å². The number of amides is 1. The lowest BCUT2D eigenvalue weighted by molar-refractivity contribution is -0.118. The monoisotopic (exact) mass is 279 g/mol. The van der Waals surface area contributed by atoms with Crippen molar-refractivity contribution in [3.63, 3.8) is 0 Å². The number of carbonyl (C=O) groups is 1. The molecule has 1 amide bonds. The molecule has 19 heavy (non-hydrogen) atoms. The fourth-order valence-corrected chi connectivity index (χ4v) is 2.55. The van der Waals surface area contributed by atoms with E-state index in [4.69, 9.17) is 0 Å². The second-order valence-corrected chi connectivity index (χ2v) is 5.26. The lowest BCUT2D eigenvalue weighted by Crippen LogP contribution is -2.26. The summed E-state index contributed by atoms with van der Waals surface area (Å²) < 4.78 is 0. The molecule has 0 aromatic carbocycles. The lowest BCUT2D eigenvalue weighted by atomic mass is 10.3. The zero-order chi connectivity index (χ0) is 13.8. The molecule has 6 nitrogen and oxygen atoms in total. The minimum atomic E-state index is -0.0799. The van der Waals surface area contributed by atoms with Gasteiger partial charge in [-0.3, -0.25) is 4.79 Å². The minimum absolute atomic E-state index is 0.0799. The number of likely N-dealkylation sites (N-methyl/N-ethyl adjacent to an activating group) is 1. The number of fused-ring (bicyclic) bond motifs is 1. The number of aromatic nitrogens is 2. The molecule has 2 aromatic rings. The van der Waals surface area contributed by atoms with Crippen molar-refractivity contribution >= 4 is 39.2 Å². The summed E-state index contributed by atoms with van der Waals surface area (Å²) >= 11 is 1.61. The van der Waals surface area contributed by atoms with Crippen molar-refractivity contribution in [1.29, 1.82) is 0 Å². The number of hydrogen-bond acceptors (Lipinski definition) is 6. The molecule has 0 unspecified atom stereocenters. The van der Waals surface area contributed by atoms with Crippen molar-refractivity contribution < 1.29 is 4.79 Å². The summed E-state index contributed by atoms with van der Waals surface area (Å²) in [5.74, 6) is 1.19. The molecule has 0 atom stereocenters. The summed E-state index contributed by atoms with van der Waals surface area (Å²) in [6.07, 6.45) is 0. The summed E-state index contributed by atoms with van der Waals surface area (Å²) in [4.78, 5) is 22.2. The summed E-state index contributed by atoms with van der Waals surface area (Å²) in [7, 11) is 1.61. The average molecular weight is 279 g/mol. The number of nitrogens with zero attached hydrogens (tertiary/aromatic N) is 2. The van der Waals surface area contributed by atoms with Crippen LogP contribution in [0.5, 0.6) is 0 Å². The van der Waals surface area contributed by atoms with Crippen molar-refractivity contribution in [1.82, 2.24) is 15.3 Å². The molecule has 2 aromatic heterocycles. The zero-order valence-electron chi connectivity index (χ0n) is 11.2. The van der Waals surface area contributed by atoms with E-state index >= 15 is 0 Å². The van der Waals surface area contributed by atoms with Crippen LogP contribution in [0.1, 0.15) is 11.8 Å². The van der Waals surface area contributed by atoms with Gasteiger partial charge in [0.1, 0.15) is 10.6 Å². The van der Waals surface area contributed by atoms with Gasteiger partial charge >= 0.3 is 0 Å². The van der Waals surface area contributed by atoms with Crippen LogP contribution >= 0.6 is 11.3 Å². The van der Waals surface area contributed by atoms with Crippen LogP contribution in [0.4, 0.5) is 11.8 Å². The van der Waals surface area contributed by atoms with Crippen LogP contribution < -0.4 is 16.0 Å². The van der Waals surface area contributed by atoms with Crippen molar-refractivity contribution in [2.24, 2.45) is 0 Å². The van der Waals surface area contributed by atoms with Gasteiger partial charge in [0.2, 0.25) is 11.9 Å². The Hall–Kier alpha value is -1.89. The third-order valence-corrected chi connectivity index (χ3v) is 3.49. The molecule has 0 saturated heterocycles. The van der Waals surface area contributed by atoms with Gasteiger partial charge in [-0.1, -0.05) is 0 Å². The Kier molecular flexibility index (Phi) is 4.16. The first-order valence-corrected chi connectivity index (χ1v) is 6.92. The highest BCUT2D eigenvalue weighted by atomic mass is 32.1. The van der Waals surface area contributed by atoms with Crippen molar-refractivity contribution in [3.8, 4) is 0 Å². The molecule has 3 N–H and O–H groups in total. The highest BCUT2D eigenvalue weighted by Gasteiger charge is 2.11. The predicted molar refractivity (Wildman–Crippen MR) is 78.9 cm³/mol. The zero-order valence-corrected chi connectivity index (χ0v) is 12.0. The molecule has 0 aliphatic rings. The van der Waals surface area contributed by atoms with E-state index < -0.39 is 0 Å². The van der Waals surface area contributed by atoms with Crippen LogP contribution in [0, 0.1) is 6.92 Å². The Morgan fingerprint density at radius 3 is 2.84 bits per heavy atom. The van der Waals surface area contributed by atoms with E-state index in [1.807, 2.05) is 19.9 Å². The molecule has 0 spiro atoms. The molecule has 2 heterocycles. The third kappa shape index (κ3) is 3.11. The SMILES string of the molecule is CCNc1nc(NCC(=O)NC)c2cc(C)sc2n1. The summed E-state index contributed by atoms with van der Waals surface area (Å²) in [6, 6.07) is 2.03. The lowest BCUT2D eigenvalue weighted by Gasteiger charge is -2.08. The van der Waals surface area contributed by atoms with E-state index in [1.54, 1.807) is 18.4 Å². The second kappa shape index (κ2) is 5.83. The van der Waals surface area contributed by atoms with Gasteiger partial charge in [0, 0.05) is 18.5 Å². The van der Waals surface area contributed by atoms with Crippen LogP contribution in [-0.4, -0.2) is 36.0 Å². The largest absolute Gasteiger partial charge is 0.360 e. The van der Waals surface area contributed by atoms with Crippen molar-refractivity contribution in [2.75, 3.05) is 30.8 Å². The van der Waals surface area contributed by atoms with Crippen molar-refractivity contribution in [2.45, 2.75) is 13.8 Å². The standard InChI is InChI=1S/C12H17N5OS/c1-4-14-12-16-10(15-6-9(18)13-3)8-5-7(2)19-11(8)17-12/h5H,4,6H2,1-3H3,(H,13,18)(H2,14,15,16,17). The second-order valence-electron chi connectivity index (χ2n) is 4.03. The Morgan fingerprint density at radius 2 is 2.16 bits per heavy atom. The van der Waals surface area contributed by atoms with Gasteiger partial charge in [-0.05, 0) is 19.9 Å². The molecule has 2 rings (SSSR count). The quantitative estimate of drug-likeness (QED) is 0.774. The Balaban J connectivity index is 2.35. The molecule has 0 saturated carbocycles. The molecule has 0 aliphatic carbocycles. The summed E-state index contributed by atoms with van der Waals surface area (Å²) in [5.41, 5.74) is 0. The minimum Gasteiger partial charge on any atom is -0.360 e. The van der Waals surface area contributed by atoms with Gasteiger partial charge in [0.05, 0.1) is 11.9 Å². The van der Waals surface area contributed by atoms with Gasteiger partial charge < -0.3 is 16.0 Å². The predicted octanol–water partition coefficient (Wildman–Crippen LogP) is 1.59. The average Bonchev–Trinajstić information content (AvgIpc) is 2.76. The number of anilines is 2. The Morgan fingerprint density at radius 1 is 1.37 bits per heavy atom. The Labute approximate surface area is 115 Å². The first-order valence-electron chi connectivity index (χ1n) is 6.10. The van der Waals surface area contributed by atoms with Crippen molar-refractivity contribution in [3.05, 3.63) is 10.9 Å². The van der Waals surface area contributed by atoms with Crippen LogP contribution in [0.15, 0.2) is 6.07 Å². The number of hydrogen-bond donors (Lipinski definition) is 3. The fourth-order valence-electron chi connectivity index (χ4n) is 1.67. The highest BCUT2D eigenvalue weighted by Crippen LogP contribution is 2.29. The fraction of sp³-hybridized carbons (Fsp3) is 0.417. The number of carbonyl (C=O) groups excluding carboxylic acids is 1. The number of thiophene rings is 1.